The second kappa shape index (κ2) is 8.93. The van der Waals surface area contributed by atoms with Crippen LogP contribution in [0.3, 0.4) is 0 Å². The van der Waals surface area contributed by atoms with Crippen molar-refractivity contribution in [2.75, 3.05) is 13.1 Å². The number of ether oxygens (including phenoxy) is 1. The van der Waals surface area contributed by atoms with Crippen LogP contribution in [0.5, 0.6) is 5.75 Å². The van der Waals surface area contributed by atoms with E-state index in [1.807, 2.05) is 13.8 Å². The summed E-state index contributed by atoms with van der Waals surface area (Å²) in [6.07, 6.45) is -2.25. The van der Waals surface area contributed by atoms with E-state index in [1.54, 1.807) is 12.1 Å². The van der Waals surface area contributed by atoms with Crippen molar-refractivity contribution in [3.63, 3.8) is 0 Å². The van der Waals surface area contributed by atoms with Crippen molar-refractivity contribution in [3.05, 3.63) is 29.8 Å². The molecule has 1 aliphatic rings. The highest BCUT2D eigenvalue weighted by atomic mass is 19.4. The molecule has 3 nitrogen and oxygen atoms in total. The first-order chi connectivity index (χ1) is 11.3. The van der Waals surface area contributed by atoms with Crippen molar-refractivity contribution in [2.24, 2.45) is 5.41 Å². The summed E-state index contributed by atoms with van der Waals surface area (Å²) in [6, 6.07) is 8.33. The molecule has 0 aliphatic carbocycles. The Bertz CT molecular complexity index is 544. The summed E-state index contributed by atoms with van der Waals surface area (Å²) >= 11 is 0. The van der Waals surface area contributed by atoms with E-state index in [1.165, 1.54) is 12.1 Å². The summed E-state index contributed by atoms with van der Waals surface area (Å²) in [5.74, 6) is -0.184. The van der Waals surface area contributed by atoms with Crippen LogP contribution in [0.4, 0.5) is 13.2 Å². The number of benzene rings is 1. The summed E-state index contributed by atoms with van der Waals surface area (Å²) in [4.78, 5) is 2.20. The Balaban J connectivity index is 0.00000139. The SMILES string of the molecule is CC.CC1(CC#N)CCN(Cc2cccc(OC(F)(F)F)c2)CC1. The second-order valence-electron chi connectivity index (χ2n) is 6.12. The zero-order valence-electron chi connectivity index (χ0n) is 14.5. The molecule has 0 aromatic heterocycles. The third kappa shape index (κ3) is 6.79. The second-order valence-corrected chi connectivity index (χ2v) is 6.12. The fraction of sp³-hybridized carbons (Fsp3) is 0.611. The van der Waals surface area contributed by atoms with Crippen molar-refractivity contribution in [2.45, 2.75) is 52.9 Å². The fourth-order valence-corrected chi connectivity index (χ4v) is 2.72. The van der Waals surface area contributed by atoms with E-state index in [2.05, 4.69) is 22.6 Å². The van der Waals surface area contributed by atoms with E-state index in [4.69, 9.17) is 5.26 Å². The third-order valence-electron chi connectivity index (χ3n) is 4.11. The summed E-state index contributed by atoms with van der Waals surface area (Å²) in [5.41, 5.74) is 0.859. The van der Waals surface area contributed by atoms with Crippen molar-refractivity contribution in [3.8, 4) is 11.8 Å². The van der Waals surface area contributed by atoms with E-state index >= 15 is 0 Å². The van der Waals surface area contributed by atoms with Gasteiger partial charge in [-0.05, 0) is 49.0 Å². The molecule has 6 heteroatoms. The van der Waals surface area contributed by atoms with Crippen LogP contribution in [0.1, 0.15) is 45.6 Å². The van der Waals surface area contributed by atoms with Gasteiger partial charge in [-0.15, -0.1) is 13.2 Å². The highest BCUT2D eigenvalue weighted by molar-refractivity contribution is 5.28. The van der Waals surface area contributed by atoms with Gasteiger partial charge in [0, 0.05) is 13.0 Å². The Morgan fingerprint density at radius 2 is 1.88 bits per heavy atom. The predicted molar refractivity (Wildman–Crippen MR) is 87.3 cm³/mol. The van der Waals surface area contributed by atoms with Crippen molar-refractivity contribution in [1.82, 2.24) is 4.90 Å². The molecule has 1 aliphatic heterocycles. The molecule has 0 unspecified atom stereocenters. The van der Waals surface area contributed by atoms with Gasteiger partial charge < -0.3 is 4.74 Å². The minimum absolute atomic E-state index is 0.0620. The number of nitriles is 1. The molecule has 1 saturated heterocycles. The molecule has 0 amide bonds. The Labute approximate surface area is 142 Å². The van der Waals surface area contributed by atoms with Crippen LogP contribution in [0.25, 0.3) is 0 Å². The van der Waals surface area contributed by atoms with Crippen molar-refractivity contribution >= 4 is 0 Å². The first kappa shape index (κ1) is 20.3. The zero-order chi connectivity index (χ0) is 18.2. The standard InChI is InChI=1S/C16H19F3N2O.C2H6/c1-15(5-8-20)6-9-21(10-7-15)12-13-3-2-4-14(11-13)22-16(17,18)19;1-2/h2-4,11H,5-7,9-10,12H2,1H3;1-2H3. The van der Waals surface area contributed by atoms with Crippen molar-refractivity contribution in [1.29, 1.82) is 5.26 Å². The van der Waals surface area contributed by atoms with Gasteiger partial charge in [-0.3, -0.25) is 4.90 Å². The summed E-state index contributed by atoms with van der Waals surface area (Å²) < 4.78 is 40.6. The number of halogens is 3. The predicted octanol–water partition coefficient (Wildman–Crippen LogP) is 5.13. The van der Waals surface area contributed by atoms with Crippen molar-refractivity contribution < 1.29 is 17.9 Å². The number of rotatable bonds is 4. The van der Waals surface area contributed by atoms with Crippen LogP contribution in [0.15, 0.2) is 24.3 Å². The number of hydrogen-bond acceptors (Lipinski definition) is 3. The quantitative estimate of drug-likeness (QED) is 0.761. The topological polar surface area (TPSA) is 36.3 Å². The van der Waals surface area contributed by atoms with Gasteiger partial charge in [0.05, 0.1) is 6.07 Å². The van der Waals surface area contributed by atoms with Crippen LogP contribution < -0.4 is 4.74 Å². The monoisotopic (exact) mass is 342 g/mol. The number of alkyl halides is 3. The fourth-order valence-electron chi connectivity index (χ4n) is 2.72. The van der Waals surface area contributed by atoms with Crippen LogP contribution >= 0.6 is 0 Å². The molecule has 0 spiro atoms. The van der Waals surface area contributed by atoms with Gasteiger partial charge in [0.2, 0.25) is 0 Å². The molecular weight excluding hydrogens is 317 g/mol. The Morgan fingerprint density at radius 3 is 2.42 bits per heavy atom. The normalized spacial score (nSPS) is 17.4. The summed E-state index contributed by atoms with van der Waals surface area (Å²) in [6.45, 7) is 8.41. The summed E-state index contributed by atoms with van der Waals surface area (Å²) in [5, 5.41) is 8.84. The molecule has 2 rings (SSSR count). The lowest BCUT2D eigenvalue weighted by Crippen LogP contribution is -2.38. The lowest BCUT2D eigenvalue weighted by Gasteiger charge is -2.38. The third-order valence-corrected chi connectivity index (χ3v) is 4.11. The average molecular weight is 342 g/mol. The molecule has 0 bridgehead atoms. The molecule has 1 heterocycles. The molecule has 0 radical (unpaired) electrons. The summed E-state index contributed by atoms with van der Waals surface area (Å²) in [7, 11) is 0. The van der Waals surface area contributed by atoms with Gasteiger partial charge in [-0.1, -0.05) is 32.9 Å². The minimum Gasteiger partial charge on any atom is -0.406 e. The molecular formula is C18H25F3N2O. The number of hydrogen-bond donors (Lipinski definition) is 0. The number of likely N-dealkylation sites (tertiary alicyclic amines) is 1. The first-order valence-corrected chi connectivity index (χ1v) is 8.24. The maximum Gasteiger partial charge on any atom is 0.573 e. The van der Waals surface area contributed by atoms with Crippen LogP contribution in [0.2, 0.25) is 0 Å². The Hall–Kier alpha value is -1.74. The molecule has 24 heavy (non-hydrogen) atoms. The molecule has 0 atom stereocenters. The molecule has 0 N–H and O–H groups in total. The van der Waals surface area contributed by atoms with Gasteiger partial charge in [0.1, 0.15) is 5.75 Å². The van der Waals surface area contributed by atoms with E-state index < -0.39 is 6.36 Å². The zero-order valence-corrected chi connectivity index (χ0v) is 14.5. The Morgan fingerprint density at radius 1 is 1.25 bits per heavy atom. The lowest BCUT2D eigenvalue weighted by molar-refractivity contribution is -0.274. The molecule has 1 aromatic rings. The number of piperidine rings is 1. The minimum atomic E-state index is -4.66. The highest BCUT2D eigenvalue weighted by Crippen LogP contribution is 2.34. The lowest BCUT2D eigenvalue weighted by atomic mass is 9.78. The number of nitrogens with zero attached hydrogens (tertiary/aromatic N) is 2. The van der Waals surface area contributed by atoms with Crippen LogP contribution in [-0.2, 0) is 6.54 Å². The van der Waals surface area contributed by atoms with E-state index in [9.17, 15) is 13.2 Å². The van der Waals surface area contributed by atoms with Gasteiger partial charge in [0.25, 0.3) is 0 Å². The molecule has 0 saturated carbocycles. The van der Waals surface area contributed by atoms with Crippen LogP contribution in [-0.4, -0.2) is 24.4 Å². The van der Waals surface area contributed by atoms with Gasteiger partial charge in [-0.2, -0.15) is 5.26 Å². The van der Waals surface area contributed by atoms with Gasteiger partial charge in [-0.25, -0.2) is 0 Å². The maximum atomic E-state index is 12.2. The van der Waals surface area contributed by atoms with E-state index in [0.717, 1.165) is 31.5 Å². The van der Waals surface area contributed by atoms with E-state index in [-0.39, 0.29) is 11.2 Å². The largest absolute Gasteiger partial charge is 0.573 e. The smallest absolute Gasteiger partial charge is 0.406 e. The molecule has 1 fully saturated rings. The maximum absolute atomic E-state index is 12.2. The van der Waals surface area contributed by atoms with Crippen LogP contribution in [0, 0.1) is 16.7 Å². The van der Waals surface area contributed by atoms with E-state index in [0.29, 0.717) is 13.0 Å². The average Bonchev–Trinajstić information content (AvgIpc) is 2.51. The Kier molecular flexibility index (Phi) is 7.56. The molecule has 1 aromatic carbocycles. The van der Waals surface area contributed by atoms with Gasteiger partial charge in [0.15, 0.2) is 0 Å². The molecule has 134 valence electrons. The highest BCUT2D eigenvalue weighted by Gasteiger charge is 2.32. The van der Waals surface area contributed by atoms with Gasteiger partial charge >= 0.3 is 6.36 Å². The first-order valence-electron chi connectivity index (χ1n) is 8.24.